The Balaban J connectivity index is 1.76. The first-order valence-corrected chi connectivity index (χ1v) is 7.02. The monoisotopic (exact) mass is 267 g/mol. The normalized spacial score (nSPS) is 16.4. The predicted octanol–water partition coefficient (Wildman–Crippen LogP) is 1.78. The summed E-state index contributed by atoms with van der Waals surface area (Å²) in [5, 5.41) is 12.6. The van der Waals surface area contributed by atoms with E-state index in [4.69, 9.17) is 4.74 Å². The van der Waals surface area contributed by atoms with Gasteiger partial charge >= 0.3 is 0 Å². The molecule has 0 saturated carbocycles. The van der Waals surface area contributed by atoms with Crippen molar-refractivity contribution in [1.82, 2.24) is 5.32 Å². The first-order chi connectivity index (χ1) is 8.75. The number of ether oxygens (including phenoxy) is 1. The van der Waals surface area contributed by atoms with Crippen molar-refractivity contribution in [2.24, 2.45) is 0 Å². The SMILES string of the molecule is O=C(CSc1ccccc1O)NC1CCOCC1. The number of nitrogens with one attached hydrogen (secondary N) is 1. The van der Waals surface area contributed by atoms with Crippen LogP contribution in [0.1, 0.15) is 12.8 Å². The molecule has 1 saturated heterocycles. The highest BCUT2D eigenvalue weighted by molar-refractivity contribution is 8.00. The molecule has 1 amide bonds. The van der Waals surface area contributed by atoms with Crippen LogP contribution in [0.15, 0.2) is 29.2 Å². The summed E-state index contributed by atoms with van der Waals surface area (Å²) in [5.41, 5.74) is 0. The molecule has 2 N–H and O–H groups in total. The van der Waals surface area contributed by atoms with Gasteiger partial charge in [0, 0.05) is 24.2 Å². The zero-order valence-corrected chi connectivity index (χ0v) is 10.9. The molecule has 0 aliphatic carbocycles. The number of carbonyl (C=O) groups excluding carboxylic acids is 1. The standard InChI is InChI=1S/C13H17NO3S/c15-11-3-1-2-4-12(11)18-9-13(16)14-10-5-7-17-8-6-10/h1-4,10,15H,5-9H2,(H,14,16). The van der Waals surface area contributed by atoms with Gasteiger partial charge in [0.2, 0.25) is 5.91 Å². The molecule has 18 heavy (non-hydrogen) atoms. The highest BCUT2D eigenvalue weighted by Crippen LogP contribution is 2.27. The van der Waals surface area contributed by atoms with Gasteiger partial charge in [-0.3, -0.25) is 4.79 Å². The molecule has 1 aromatic carbocycles. The van der Waals surface area contributed by atoms with Gasteiger partial charge in [0.1, 0.15) is 5.75 Å². The van der Waals surface area contributed by atoms with E-state index < -0.39 is 0 Å². The number of benzene rings is 1. The quantitative estimate of drug-likeness (QED) is 0.816. The van der Waals surface area contributed by atoms with E-state index in [-0.39, 0.29) is 17.7 Å². The van der Waals surface area contributed by atoms with Crippen molar-refractivity contribution >= 4 is 17.7 Å². The molecule has 1 fully saturated rings. The maximum Gasteiger partial charge on any atom is 0.230 e. The van der Waals surface area contributed by atoms with Gasteiger partial charge in [0.25, 0.3) is 0 Å². The number of hydrogen-bond donors (Lipinski definition) is 2. The van der Waals surface area contributed by atoms with Gasteiger partial charge in [-0.05, 0) is 25.0 Å². The maximum atomic E-state index is 11.7. The van der Waals surface area contributed by atoms with Crippen molar-refractivity contribution in [3.05, 3.63) is 24.3 Å². The van der Waals surface area contributed by atoms with Crippen molar-refractivity contribution < 1.29 is 14.6 Å². The van der Waals surface area contributed by atoms with Crippen LogP contribution in [-0.2, 0) is 9.53 Å². The Morgan fingerprint density at radius 2 is 2.11 bits per heavy atom. The fraction of sp³-hybridized carbons (Fsp3) is 0.462. The summed E-state index contributed by atoms with van der Waals surface area (Å²) in [6, 6.07) is 7.27. The Hall–Kier alpha value is -1.20. The van der Waals surface area contributed by atoms with Crippen LogP contribution in [0.3, 0.4) is 0 Å². The van der Waals surface area contributed by atoms with E-state index in [0.717, 1.165) is 31.0 Å². The summed E-state index contributed by atoms with van der Waals surface area (Å²) in [6.45, 7) is 1.44. The topological polar surface area (TPSA) is 58.6 Å². The number of amides is 1. The molecule has 5 heteroatoms. The highest BCUT2D eigenvalue weighted by atomic mass is 32.2. The molecule has 1 aliphatic rings. The highest BCUT2D eigenvalue weighted by Gasteiger charge is 2.16. The van der Waals surface area contributed by atoms with Gasteiger partial charge in [-0.1, -0.05) is 12.1 Å². The van der Waals surface area contributed by atoms with Crippen molar-refractivity contribution in [2.75, 3.05) is 19.0 Å². The van der Waals surface area contributed by atoms with Gasteiger partial charge in [-0.25, -0.2) is 0 Å². The van der Waals surface area contributed by atoms with Gasteiger partial charge in [-0.2, -0.15) is 0 Å². The molecule has 1 heterocycles. The van der Waals surface area contributed by atoms with Crippen molar-refractivity contribution in [2.45, 2.75) is 23.8 Å². The molecule has 0 aromatic heterocycles. The van der Waals surface area contributed by atoms with Crippen LogP contribution in [0.4, 0.5) is 0 Å². The third-order valence-corrected chi connectivity index (χ3v) is 3.87. The number of para-hydroxylation sites is 1. The number of thioether (sulfide) groups is 1. The Labute approximate surface area is 111 Å². The largest absolute Gasteiger partial charge is 0.507 e. The van der Waals surface area contributed by atoms with Crippen molar-refractivity contribution in [1.29, 1.82) is 0 Å². The molecule has 0 unspecified atom stereocenters. The predicted molar refractivity (Wildman–Crippen MR) is 70.8 cm³/mol. The summed E-state index contributed by atoms with van der Waals surface area (Å²) in [4.78, 5) is 12.5. The first kappa shape index (κ1) is 13.2. The molecular formula is C13H17NO3S. The number of phenolic OH excluding ortho intramolecular Hbond substituents is 1. The molecule has 0 bridgehead atoms. The molecule has 1 aliphatic heterocycles. The minimum Gasteiger partial charge on any atom is -0.507 e. The zero-order chi connectivity index (χ0) is 12.8. The second-order valence-corrected chi connectivity index (χ2v) is 5.23. The van der Waals surface area contributed by atoms with Crippen LogP contribution in [0.2, 0.25) is 0 Å². The van der Waals surface area contributed by atoms with E-state index in [1.165, 1.54) is 11.8 Å². The maximum absolute atomic E-state index is 11.7. The van der Waals surface area contributed by atoms with E-state index in [1.54, 1.807) is 12.1 Å². The van der Waals surface area contributed by atoms with Gasteiger partial charge in [0.05, 0.1) is 5.75 Å². The average Bonchev–Trinajstić information content (AvgIpc) is 2.39. The Morgan fingerprint density at radius 3 is 2.83 bits per heavy atom. The second-order valence-electron chi connectivity index (χ2n) is 4.21. The summed E-state index contributed by atoms with van der Waals surface area (Å²) < 4.78 is 5.24. The summed E-state index contributed by atoms with van der Waals surface area (Å²) >= 11 is 1.35. The zero-order valence-electron chi connectivity index (χ0n) is 10.1. The lowest BCUT2D eigenvalue weighted by atomic mass is 10.1. The molecule has 2 rings (SSSR count). The van der Waals surface area contributed by atoms with Crippen LogP contribution in [0, 0.1) is 0 Å². The molecule has 98 valence electrons. The molecular weight excluding hydrogens is 250 g/mol. The summed E-state index contributed by atoms with van der Waals surface area (Å²) in [5.74, 6) is 0.561. The van der Waals surface area contributed by atoms with Gasteiger partial charge in [0.15, 0.2) is 0 Å². The summed E-state index contributed by atoms with van der Waals surface area (Å²) in [7, 11) is 0. The van der Waals surface area contributed by atoms with E-state index in [9.17, 15) is 9.90 Å². The lowest BCUT2D eigenvalue weighted by molar-refractivity contribution is -0.119. The van der Waals surface area contributed by atoms with Crippen molar-refractivity contribution in [3.63, 3.8) is 0 Å². The number of rotatable bonds is 4. The van der Waals surface area contributed by atoms with Crippen molar-refractivity contribution in [3.8, 4) is 5.75 Å². The number of aromatic hydroxyl groups is 1. The minimum absolute atomic E-state index is 0.00940. The van der Waals surface area contributed by atoms with Crippen LogP contribution in [0.5, 0.6) is 5.75 Å². The van der Waals surface area contributed by atoms with E-state index >= 15 is 0 Å². The summed E-state index contributed by atoms with van der Waals surface area (Å²) in [6.07, 6.45) is 1.76. The second kappa shape index (κ2) is 6.66. The lowest BCUT2D eigenvalue weighted by Gasteiger charge is -2.23. The third-order valence-electron chi connectivity index (χ3n) is 2.81. The van der Waals surface area contributed by atoms with E-state index in [1.807, 2.05) is 12.1 Å². The fourth-order valence-corrected chi connectivity index (χ4v) is 2.59. The number of hydrogen-bond acceptors (Lipinski definition) is 4. The Bertz CT molecular complexity index is 405. The number of carbonyl (C=O) groups is 1. The smallest absolute Gasteiger partial charge is 0.230 e. The third kappa shape index (κ3) is 3.92. The Morgan fingerprint density at radius 1 is 1.39 bits per heavy atom. The molecule has 0 spiro atoms. The van der Waals surface area contributed by atoms with E-state index in [2.05, 4.69) is 5.32 Å². The molecule has 4 nitrogen and oxygen atoms in total. The minimum atomic E-state index is 0.00940. The average molecular weight is 267 g/mol. The van der Waals surface area contributed by atoms with Gasteiger partial charge < -0.3 is 15.2 Å². The molecule has 0 atom stereocenters. The van der Waals surface area contributed by atoms with Gasteiger partial charge in [-0.15, -0.1) is 11.8 Å². The van der Waals surface area contributed by atoms with Crippen LogP contribution >= 0.6 is 11.8 Å². The lowest BCUT2D eigenvalue weighted by Crippen LogP contribution is -2.39. The first-order valence-electron chi connectivity index (χ1n) is 6.03. The Kier molecular flexibility index (Phi) is 4.90. The fourth-order valence-electron chi connectivity index (χ4n) is 1.83. The van der Waals surface area contributed by atoms with Crippen LogP contribution in [0.25, 0.3) is 0 Å². The van der Waals surface area contributed by atoms with Crippen LogP contribution < -0.4 is 5.32 Å². The molecule has 1 aromatic rings. The van der Waals surface area contributed by atoms with Crippen LogP contribution in [-0.4, -0.2) is 36.0 Å². The van der Waals surface area contributed by atoms with E-state index in [0.29, 0.717) is 5.75 Å². The number of phenols is 1. The molecule has 0 radical (unpaired) electrons.